The highest BCUT2D eigenvalue weighted by atomic mass is 79.9. The van der Waals surface area contributed by atoms with Crippen LogP contribution in [0.3, 0.4) is 0 Å². The monoisotopic (exact) mass is 353 g/mol. The number of alkyl halides is 3. The highest BCUT2D eigenvalue weighted by molar-refractivity contribution is 9.10. The molecule has 0 aliphatic rings. The van der Waals surface area contributed by atoms with E-state index in [1.54, 1.807) is 0 Å². The van der Waals surface area contributed by atoms with Crippen molar-refractivity contribution in [2.45, 2.75) is 24.9 Å². The molecule has 0 amide bonds. The Morgan fingerprint density at radius 1 is 1.50 bits per heavy atom. The summed E-state index contributed by atoms with van der Waals surface area (Å²) in [4.78, 5) is 9.98. The molecule has 110 valence electrons. The molecule has 1 rings (SSSR count). The molecule has 0 heterocycles. The van der Waals surface area contributed by atoms with Crippen LogP contribution in [0.1, 0.15) is 24.3 Å². The summed E-state index contributed by atoms with van der Waals surface area (Å²) in [5.41, 5.74) is -0.515. The van der Waals surface area contributed by atoms with Crippen LogP contribution in [0.4, 0.5) is 18.9 Å². The summed E-state index contributed by atoms with van der Waals surface area (Å²) in [5.74, 6) is -1.46. The Balaban J connectivity index is 3.15. The second kappa shape index (κ2) is 6.25. The lowest BCUT2D eigenvalue weighted by atomic mass is 9.93. The summed E-state index contributed by atoms with van der Waals surface area (Å²) in [6.07, 6.45) is -4.51. The molecule has 1 atom stereocenters. The van der Waals surface area contributed by atoms with Crippen LogP contribution < -0.4 is 0 Å². The fourth-order valence-corrected chi connectivity index (χ4v) is 2.21. The summed E-state index contributed by atoms with van der Waals surface area (Å²) in [6, 6.07) is 2.44. The van der Waals surface area contributed by atoms with Crippen LogP contribution in [0.15, 0.2) is 29.3 Å². The molecule has 0 aromatic heterocycles. The first-order valence-electron chi connectivity index (χ1n) is 5.52. The number of hydrogen-bond donors (Lipinski definition) is 1. The van der Waals surface area contributed by atoms with Crippen LogP contribution in [0.25, 0.3) is 0 Å². The summed E-state index contributed by atoms with van der Waals surface area (Å²) in [6.45, 7) is 3.42. The number of rotatable bonds is 5. The Hall–Kier alpha value is -1.57. The zero-order chi connectivity index (χ0) is 15.5. The lowest BCUT2D eigenvalue weighted by molar-refractivity contribution is -0.386. The molecule has 0 bridgehead atoms. The van der Waals surface area contributed by atoms with Gasteiger partial charge in [-0.25, -0.2) is 0 Å². The quantitative estimate of drug-likeness (QED) is 0.475. The third kappa shape index (κ3) is 4.22. The number of nitro benzene ring substituents is 1. The fourth-order valence-electron chi connectivity index (χ4n) is 1.75. The number of phenolic OH excluding ortho intramolecular Hbond substituents is 1. The summed E-state index contributed by atoms with van der Waals surface area (Å²) in [7, 11) is 0. The van der Waals surface area contributed by atoms with Gasteiger partial charge in [0.2, 0.25) is 0 Å². The number of hydrogen-bond acceptors (Lipinski definition) is 3. The van der Waals surface area contributed by atoms with Crippen molar-refractivity contribution in [2.24, 2.45) is 0 Å². The Morgan fingerprint density at radius 2 is 2.10 bits per heavy atom. The van der Waals surface area contributed by atoms with Gasteiger partial charge < -0.3 is 5.11 Å². The molecule has 4 nitrogen and oxygen atoms in total. The van der Waals surface area contributed by atoms with Gasteiger partial charge in [0.05, 0.1) is 4.92 Å². The second-order valence-corrected chi connectivity index (χ2v) is 5.03. The molecule has 1 aromatic carbocycles. The van der Waals surface area contributed by atoms with E-state index in [0.29, 0.717) is 4.47 Å². The van der Waals surface area contributed by atoms with Crippen molar-refractivity contribution >= 4 is 21.6 Å². The van der Waals surface area contributed by atoms with Gasteiger partial charge in [0.25, 0.3) is 0 Å². The zero-order valence-corrected chi connectivity index (χ0v) is 11.7. The van der Waals surface area contributed by atoms with Gasteiger partial charge >= 0.3 is 11.9 Å². The lowest BCUT2D eigenvalue weighted by Crippen LogP contribution is -2.09. The predicted octanol–water partition coefficient (Wildman–Crippen LogP) is 4.68. The number of halogens is 4. The summed E-state index contributed by atoms with van der Waals surface area (Å²) < 4.78 is 37.0. The molecular formula is C12H11BrF3NO3. The maximum atomic E-state index is 12.2. The standard InChI is InChI=1S/C12H11BrF3NO3/c1-2-7(3-4-12(14,15)16)9-5-8(13)6-10(11(9)18)17(19)20/h2,5-7,18H,1,3-4H2/t7-/m0/s1. The lowest BCUT2D eigenvalue weighted by Gasteiger charge is -2.16. The topological polar surface area (TPSA) is 63.4 Å². The fraction of sp³-hybridized carbons (Fsp3) is 0.333. The van der Waals surface area contributed by atoms with Gasteiger partial charge in [-0.05, 0) is 12.5 Å². The van der Waals surface area contributed by atoms with Crippen molar-refractivity contribution in [1.82, 2.24) is 0 Å². The van der Waals surface area contributed by atoms with Gasteiger partial charge in [-0.3, -0.25) is 10.1 Å². The molecule has 1 aromatic rings. The molecule has 1 N–H and O–H groups in total. The van der Waals surface area contributed by atoms with Crippen molar-refractivity contribution in [1.29, 1.82) is 0 Å². The first-order valence-corrected chi connectivity index (χ1v) is 6.31. The maximum absolute atomic E-state index is 12.2. The van der Waals surface area contributed by atoms with Crippen LogP contribution in [0.5, 0.6) is 5.75 Å². The average molecular weight is 354 g/mol. The number of nitro groups is 1. The largest absolute Gasteiger partial charge is 0.502 e. The van der Waals surface area contributed by atoms with Crippen LogP contribution >= 0.6 is 15.9 Å². The first-order chi connectivity index (χ1) is 9.15. The van der Waals surface area contributed by atoms with Gasteiger partial charge in [-0.1, -0.05) is 22.0 Å². The van der Waals surface area contributed by atoms with Gasteiger partial charge in [0.1, 0.15) is 0 Å². The van der Waals surface area contributed by atoms with E-state index in [9.17, 15) is 28.4 Å². The molecule has 8 heteroatoms. The van der Waals surface area contributed by atoms with E-state index in [2.05, 4.69) is 22.5 Å². The minimum absolute atomic E-state index is 0.0466. The Morgan fingerprint density at radius 3 is 2.55 bits per heavy atom. The highest BCUT2D eigenvalue weighted by Gasteiger charge is 2.30. The Kier molecular flexibility index (Phi) is 5.15. The van der Waals surface area contributed by atoms with Crippen LogP contribution in [0.2, 0.25) is 0 Å². The minimum atomic E-state index is -4.34. The van der Waals surface area contributed by atoms with Crippen molar-refractivity contribution in [3.8, 4) is 5.75 Å². The molecule has 0 fully saturated rings. The van der Waals surface area contributed by atoms with E-state index >= 15 is 0 Å². The zero-order valence-electron chi connectivity index (χ0n) is 10.2. The maximum Gasteiger partial charge on any atom is 0.389 e. The minimum Gasteiger partial charge on any atom is -0.502 e. The van der Waals surface area contributed by atoms with E-state index < -0.39 is 34.9 Å². The van der Waals surface area contributed by atoms with Crippen molar-refractivity contribution in [3.63, 3.8) is 0 Å². The molecule has 0 unspecified atom stereocenters. The van der Waals surface area contributed by atoms with Gasteiger partial charge in [0, 0.05) is 28.4 Å². The molecule has 0 saturated carbocycles. The Labute approximate surface area is 121 Å². The third-order valence-electron chi connectivity index (χ3n) is 2.70. The molecule has 0 saturated heterocycles. The molecule has 0 radical (unpaired) electrons. The third-order valence-corrected chi connectivity index (χ3v) is 3.16. The second-order valence-electron chi connectivity index (χ2n) is 4.12. The predicted molar refractivity (Wildman–Crippen MR) is 70.7 cm³/mol. The van der Waals surface area contributed by atoms with E-state index in [1.165, 1.54) is 12.1 Å². The smallest absolute Gasteiger partial charge is 0.389 e. The number of aromatic hydroxyl groups is 1. The van der Waals surface area contributed by atoms with Crippen molar-refractivity contribution in [2.75, 3.05) is 0 Å². The highest BCUT2D eigenvalue weighted by Crippen LogP contribution is 2.40. The molecule has 0 aliphatic carbocycles. The van der Waals surface area contributed by atoms with E-state index in [4.69, 9.17) is 0 Å². The molecule has 0 aliphatic heterocycles. The van der Waals surface area contributed by atoms with E-state index in [0.717, 1.165) is 6.07 Å². The molecule has 0 spiro atoms. The SMILES string of the molecule is C=C[C@@H](CCC(F)(F)F)c1cc(Br)cc([N+](=O)[O-])c1O. The summed E-state index contributed by atoms with van der Waals surface area (Å²) >= 11 is 3.03. The van der Waals surface area contributed by atoms with Crippen LogP contribution in [-0.2, 0) is 0 Å². The van der Waals surface area contributed by atoms with Gasteiger partial charge in [-0.2, -0.15) is 13.2 Å². The number of nitrogens with zero attached hydrogens (tertiary/aromatic N) is 1. The van der Waals surface area contributed by atoms with Crippen molar-refractivity contribution in [3.05, 3.63) is 44.9 Å². The van der Waals surface area contributed by atoms with Crippen LogP contribution in [-0.4, -0.2) is 16.2 Å². The number of benzene rings is 1. The molecule has 20 heavy (non-hydrogen) atoms. The normalized spacial score (nSPS) is 13.0. The van der Waals surface area contributed by atoms with Gasteiger partial charge in [0.15, 0.2) is 5.75 Å². The first kappa shape index (κ1) is 16.5. The van der Waals surface area contributed by atoms with Crippen LogP contribution in [0, 0.1) is 10.1 Å². The van der Waals surface area contributed by atoms with Crippen molar-refractivity contribution < 1.29 is 23.2 Å². The van der Waals surface area contributed by atoms with Gasteiger partial charge in [-0.15, -0.1) is 6.58 Å². The number of allylic oxidation sites excluding steroid dienone is 1. The number of phenols is 1. The van der Waals surface area contributed by atoms with E-state index in [1.807, 2.05) is 0 Å². The molecular weight excluding hydrogens is 343 g/mol. The Bertz CT molecular complexity index is 531. The van der Waals surface area contributed by atoms with E-state index in [-0.39, 0.29) is 12.0 Å². The average Bonchev–Trinajstić information content (AvgIpc) is 2.31. The summed E-state index contributed by atoms with van der Waals surface area (Å²) in [5, 5.41) is 20.6.